The molecule has 0 unspecified atom stereocenters. The first kappa shape index (κ1) is 13.7. The fourth-order valence-electron chi connectivity index (χ4n) is 1.54. The molecule has 0 spiro atoms. The van der Waals surface area contributed by atoms with Crippen LogP contribution in [0.25, 0.3) is 0 Å². The van der Waals surface area contributed by atoms with E-state index in [1.807, 2.05) is 6.07 Å². The minimum Gasteiger partial charge on any atom is -0.385 e. The highest BCUT2D eigenvalue weighted by Gasteiger charge is 2.05. The van der Waals surface area contributed by atoms with Gasteiger partial charge < -0.3 is 15.0 Å². The molecule has 17 heavy (non-hydrogen) atoms. The lowest BCUT2D eigenvalue weighted by molar-refractivity contribution is 0.198. The van der Waals surface area contributed by atoms with E-state index in [4.69, 9.17) is 4.74 Å². The molecule has 0 aliphatic rings. The Kier molecular flexibility index (Phi) is 6.32. The van der Waals surface area contributed by atoms with Gasteiger partial charge in [-0.2, -0.15) is 4.98 Å². The van der Waals surface area contributed by atoms with Crippen LogP contribution >= 0.6 is 0 Å². The van der Waals surface area contributed by atoms with E-state index in [1.54, 1.807) is 13.3 Å². The molecule has 0 bridgehead atoms. The number of aromatic nitrogens is 2. The zero-order chi connectivity index (χ0) is 12.5. The maximum Gasteiger partial charge on any atom is 0.227 e. The first-order chi connectivity index (χ1) is 8.31. The van der Waals surface area contributed by atoms with Gasteiger partial charge in [0.15, 0.2) is 0 Å². The molecule has 5 heteroatoms. The molecular formula is C12H22N4O. The zero-order valence-corrected chi connectivity index (χ0v) is 10.9. The molecule has 0 aliphatic carbocycles. The number of ether oxygens (including phenoxy) is 1. The van der Waals surface area contributed by atoms with Crippen molar-refractivity contribution in [3.8, 4) is 0 Å². The summed E-state index contributed by atoms with van der Waals surface area (Å²) in [7, 11) is 1.71. The van der Waals surface area contributed by atoms with E-state index in [2.05, 4.69) is 34.0 Å². The van der Waals surface area contributed by atoms with E-state index < -0.39 is 0 Å². The van der Waals surface area contributed by atoms with Gasteiger partial charge in [-0.05, 0) is 26.3 Å². The number of methoxy groups -OCH3 is 1. The first-order valence-corrected chi connectivity index (χ1v) is 6.12. The van der Waals surface area contributed by atoms with Gasteiger partial charge in [-0.25, -0.2) is 4.98 Å². The summed E-state index contributed by atoms with van der Waals surface area (Å²) in [4.78, 5) is 10.9. The molecule has 0 aromatic carbocycles. The second-order valence-corrected chi connectivity index (χ2v) is 3.69. The Morgan fingerprint density at radius 3 is 2.76 bits per heavy atom. The third kappa shape index (κ3) is 4.56. The smallest absolute Gasteiger partial charge is 0.227 e. The lowest BCUT2D eigenvalue weighted by Gasteiger charge is -2.18. The van der Waals surface area contributed by atoms with Gasteiger partial charge in [-0.3, -0.25) is 0 Å². The second-order valence-electron chi connectivity index (χ2n) is 3.69. The highest BCUT2D eigenvalue weighted by molar-refractivity contribution is 5.40. The maximum atomic E-state index is 5.00. The Morgan fingerprint density at radius 1 is 1.35 bits per heavy atom. The molecule has 0 aliphatic heterocycles. The van der Waals surface area contributed by atoms with Gasteiger partial charge in [0, 0.05) is 39.5 Å². The largest absolute Gasteiger partial charge is 0.385 e. The lowest BCUT2D eigenvalue weighted by atomic mass is 10.4. The van der Waals surface area contributed by atoms with Crippen LogP contribution < -0.4 is 10.2 Å². The summed E-state index contributed by atoms with van der Waals surface area (Å²) in [5, 5.41) is 3.27. The average Bonchev–Trinajstić information content (AvgIpc) is 2.37. The number of nitrogens with zero attached hydrogens (tertiary/aromatic N) is 3. The first-order valence-electron chi connectivity index (χ1n) is 6.12. The Hall–Kier alpha value is -1.36. The maximum absolute atomic E-state index is 5.00. The van der Waals surface area contributed by atoms with E-state index in [9.17, 15) is 0 Å². The molecule has 1 aromatic heterocycles. The summed E-state index contributed by atoms with van der Waals surface area (Å²) < 4.78 is 5.00. The van der Waals surface area contributed by atoms with Gasteiger partial charge in [-0.1, -0.05) is 0 Å². The van der Waals surface area contributed by atoms with Crippen LogP contribution in [0.15, 0.2) is 12.3 Å². The summed E-state index contributed by atoms with van der Waals surface area (Å²) in [6, 6.07) is 1.89. The predicted molar refractivity (Wildman–Crippen MR) is 70.6 cm³/mol. The van der Waals surface area contributed by atoms with E-state index in [-0.39, 0.29) is 0 Å². The number of anilines is 2. The third-order valence-corrected chi connectivity index (χ3v) is 2.52. The Bertz CT molecular complexity index is 315. The zero-order valence-electron chi connectivity index (χ0n) is 10.9. The SMILES string of the molecule is CCN(CC)c1nccc(NCCCOC)n1. The predicted octanol–water partition coefficient (Wildman–Crippen LogP) is 1.77. The molecule has 0 fully saturated rings. The molecule has 1 N–H and O–H groups in total. The molecule has 96 valence electrons. The van der Waals surface area contributed by atoms with Gasteiger partial charge in [0.2, 0.25) is 5.95 Å². The van der Waals surface area contributed by atoms with E-state index in [0.717, 1.165) is 44.4 Å². The fraction of sp³-hybridized carbons (Fsp3) is 0.667. The minimum absolute atomic E-state index is 0.765. The molecule has 0 saturated carbocycles. The van der Waals surface area contributed by atoms with Gasteiger partial charge in [0.25, 0.3) is 0 Å². The van der Waals surface area contributed by atoms with Crippen molar-refractivity contribution in [1.82, 2.24) is 9.97 Å². The van der Waals surface area contributed by atoms with Crippen LogP contribution in [0.4, 0.5) is 11.8 Å². The van der Waals surface area contributed by atoms with Crippen LogP contribution in [0, 0.1) is 0 Å². The average molecular weight is 238 g/mol. The van der Waals surface area contributed by atoms with Gasteiger partial charge >= 0.3 is 0 Å². The lowest BCUT2D eigenvalue weighted by Crippen LogP contribution is -2.24. The number of hydrogen-bond acceptors (Lipinski definition) is 5. The highest BCUT2D eigenvalue weighted by atomic mass is 16.5. The van der Waals surface area contributed by atoms with Crippen molar-refractivity contribution in [3.63, 3.8) is 0 Å². The van der Waals surface area contributed by atoms with Gasteiger partial charge in [0.1, 0.15) is 5.82 Å². The minimum atomic E-state index is 0.765. The molecular weight excluding hydrogens is 216 g/mol. The number of hydrogen-bond donors (Lipinski definition) is 1. The molecule has 0 radical (unpaired) electrons. The summed E-state index contributed by atoms with van der Waals surface area (Å²) in [5.41, 5.74) is 0. The summed E-state index contributed by atoms with van der Waals surface area (Å²) in [5.74, 6) is 1.66. The molecule has 0 saturated heterocycles. The summed E-state index contributed by atoms with van der Waals surface area (Å²) >= 11 is 0. The molecule has 1 aromatic rings. The molecule has 1 rings (SSSR count). The highest BCUT2D eigenvalue weighted by Crippen LogP contribution is 2.10. The monoisotopic (exact) mass is 238 g/mol. The van der Waals surface area contributed by atoms with Crippen molar-refractivity contribution < 1.29 is 4.74 Å². The summed E-state index contributed by atoms with van der Waals surface area (Å²) in [6.07, 6.45) is 2.76. The molecule has 0 amide bonds. The van der Waals surface area contributed by atoms with Crippen molar-refractivity contribution in [1.29, 1.82) is 0 Å². The normalized spacial score (nSPS) is 10.3. The van der Waals surface area contributed by atoms with Crippen molar-refractivity contribution in [2.75, 3.05) is 43.6 Å². The standard InChI is InChI=1S/C12H22N4O/c1-4-16(5-2)12-14-9-7-11(15-12)13-8-6-10-17-3/h7,9H,4-6,8,10H2,1-3H3,(H,13,14,15). The van der Waals surface area contributed by atoms with Crippen molar-refractivity contribution in [3.05, 3.63) is 12.3 Å². The summed E-state index contributed by atoms with van der Waals surface area (Å²) in [6.45, 7) is 7.67. The Morgan fingerprint density at radius 2 is 2.12 bits per heavy atom. The quantitative estimate of drug-likeness (QED) is 0.699. The molecule has 0 atom stereocenters. The molecule has 5 nitrogen and oxygen atoms in total. The van der Waals surface area contributed by atoms with Crippen molar-refractivity contribution in [2.24, 2.45) is 0 Å². The van der Waals surface area contributed by atoms with Crippen LogP contribution in [-0.4, -0.2) is 43.3 Å². The number of rotatable bonds is 8. The van der Waals surface area contributed by atoms with Gasteiger partial charge in [-0.15, -0.1) is 0 Å². The van der Waals surface area contributed by atoms with Crippen LogP contribution in [0.2, 0.25) is 0 Å². The number of nitrogens with one attached hydrogen (secondary N) is 1. The van der Waals surface area contributed by atoms with E-state index in [1.165, 1.54) is 0 Å². The van der Waals surface area contributed by atoms with Crippen LogP contribution in [0.1, 0.15) is 20.3 Å². The van der Waals surface area contributed by atoms with Gasteiger partial charge in [0.05, 0.1) is 0 Å². The topological polar surface area (TPSA) is 50.3 Å². The Labute approximate surface area is 103 Å². The van der Waals surface area contributed by atoms with Crippen LogP contribution in [0.3, 0.4) is 0 Å². The van der Waals surface area contributed by atoms with Crippen LogP contribution in [-0.2, 0) is 4.74 Å². The third-order valence-electron chi connectivity index (χ3n) is 2.52. The molecule has 1 heterocycles. The van der Waals surface area contributed by atoms with E-state index in [0.29, 0.717) is 0 Å². The Balaban J connectivity index is 2.53. The second kappa shape index (κ2) is 7.84. The van der Waals surface area contributed by atoms with E-state index >= 15 is 0 Å². The van der Waals surface area contributed by atoms with Crippen LogP contribution in [0.5, 0.6) is 0 Å². The fourth-order valence-corrected chi connectivity index (χ4v) is 1.54. The van der Waals surface area contributed by atoms with Crippen molar-refractivity contribution in [2.45, 2.75) is 20.3 Å². The van der Waals surface area contributed by atoms with Crippen molar-refractivity contribution >= 4 is 11.8 Å².